The van der Waals surface area contributed by atoms with Gasteiger partial charge in [0.05, 0.1) is 19.6 Å². The topological polar surface area (TPSA) is 97.6 Å². The van der Waals surface area contributed by atoms with Crippen molar-refractivity contribution in [2.24, 2.45) is 0 Å². The van der Waals surface area contributed by atoms with Crippen molar-refractivity contribution in [1.29, 1.82) is 0 Å². The highest BCUT2D eigenvalue weighted by Crippen LogP contribution is 2.12. The monoisotopic (exact) mass is 290 g/mol. The number of hydrogen-bond donors (Lipinski definition) is 2. The van der Waals surface area contributed by atoms with Crippen LogP contribution in [0.2, 0.25) is 0 Å². The van der Waals surface area contributed by atoms with Gasteiger partial charge >= 0.3 is 5.97 Å². The van der Waals surface area contributed by atoms with E-state index in [9.17, 15) is 13.2 Å². The first kappa shape index (κ1) is 15.7. The number of furan rings is 1. The van der Waals surface area contributed by atoms with Crippen LogP contribution in [-0.2, 0) is 26.1 Å². The third-order valence-corrected chi connectivity index (χ3v) is 3.57. The molecule has 1 rings (SSSR count). The van der Waals surface area contributed by atoms with Crippen LogP contribution in [0.25, 0.3) is 0 Å². The number of ether oxygens (including phenoxy) is 1. The molecule has 8 heteroatoms. The molecule has 0 atom stereocenters. The van der Waals surface area contributed by atoms with E-state index in [1.54, 1.807) is 13.0 Å². The Balaban J connectivity index is 2.37. The van der Waals surface area contributed by atoms with Crippen LogP contribution < -0.4 is 10.0 Å². The van der Waals surface area contributed by atoms with Crippen LogP contribution in [-0.4, -0.2) is 34.6 Å². The molecule has 0 radical (unpaired) electrons. The highest BCUT2D eigenvalue weighted by Gasteiger charge is 2.15. The smallest absolute Gasteiger partial charge is 0.307 e. The van der Waals surface area contributed by atoms with Gasteiger partial charge in [0.25, 0.3) is 10.0 Å². The van der Waals surface area contributed by atoms with Crippen molar-refractivity contribution < 1.29 is 22.4 Å². The lowest BCUT2D eigenvalue weighted by Crippen LogP contribution is -2.19. The molecule has 1 heterocycles. The minimum Gasteiger partial charge on any atom is -0.466 e. The third-order valence-electron chi connectivity index (χ3n) is 2.28. The first-order valence-electron chi connectivity index (χ1n) is 5.88. The predicted molar refractivity (Wildman–Crippen MR) is 67.9 cm³/mol. The summed E-state index contributed by atoms with van der Waals surface area (Å²) in [6.07, 6.45) is 0.260. The fraction of sp³-hybridized carbons (Fsp3) is 0.545. The maximum absolute atomic E-state index is 11.4. The third kappa shape index (κ3) is 5.01. The van der Waals surface area contributed by atoms with Gasteiger partial charge in [-0.1, -0.05) is 0 Å². The molecular formula is C11H18N2O5S. The average molecular weight is 290 g/mol. The van der Waals surface area contributed by atoms with Crippen molar-refractivity contribution in [3.05, 3.63) is 17.9 Å². The number of sulfonamides is 1. The molecule has 0 unspecified atom stereocenters. The van der Waals surface area contributed by atoms with E-state index in [1.165, 1.54) is 13.1 Å². The van der Waals surface area contributed by atoms with Crippen LogP contribution >= 0.6 is 0 Å². The molecule has 0 fully saturated rings. The van der Waals surface area contributed by atoms with E-state index in [0.29, 0.717) is 25.5 Å². The molecule has 0 aliphatic heterocycles. The molecule has 0 aliphatic carbocycles. The molecule has 108 valence electrons. The molecule has 0 spiro atoms. The molecule has 19 heavy (non-hydrogen) atoms. The van der Waals surface area contributed by atoms with Gasteiger partial charge in [0, 0.05) is 6.54 Å². The molecule has 0 bridgehead atoms. The Morgan fingerprint density at radius 2 is 2.16 bits per heavy atom. The molecule has 1 aromatic rings. The highest BCUT2D eigenvalue weighted by molar-refractivity contribution is 7.89. The second-order valence-corrected chi connectivity index (χ2v) is 5.48. The van der Waals surface area contributed by atoms with Crippen molar-refractivity contribution in [3.8, 4) is 0 Å². The minimum absolute atomic E-state index is 0.128. The second-order valence-electron chi connectivity index (χ2n) is 3.66. The summed E-state index contributed by atoms with van der Waals surface area (Å²) in [6.45, 7) is 2.90. The SMILES string of the molecule is CCOC(=O)CCNCc1ccc(S(=O)(=O)NC)o1. The average Bonchev–Trinajstić information content (AvgIpc) is 2.84. The fourth-order valence-electron chi connectivity index (χ4n) is 1.33. The lowest BCUT2D eigenvalue weighted by molar-refractivity contribution is -0.142. The Bertz CT molecular complexity index is 509. The molecular weight excluding hydrogens is 272 g/mol. The van der Waals surface area contributed by atoms with Gasteiger partial charge in [-0.15, -0.1) is 0 Å². The molecule has 0 amide bonds. The van der Waals surface area contributed by atoms with Crippen LogP contribution in [0.3, 0.4) is 0 Å². The van der Waals surface area contributed by atoms with Crippen LogP contribution in [0.4, 0.5) is 0 Å². The van der Waals surface area contributed by atoms with Crippen LogP contribution in [0, 0.1) is 0 Å². The molecule has 1 aromatic heterocycles. The normalized spacial score (nSPS) is 11.5. The molecule has 0 aromatic carbocycles. The lowest BCUT2D eigenvalue weighted by Gasteiger charge is -2.03. The largest absolute Gasteiger partial charge is 0.466 e. The molecule has 7 nitrogen and oxygen atoms in total. The summed E-state index contributed by atoms with van der Waals surface area (Å²) >= 11 is 0. The van der Waals surface area contributed by atoms with E-state index in [2.05, 4.69) is 10.0 Å². The van der Waals surface area contributed by atoms with Crippen molar-refractivity contribution in [2.75, 3.05) is 20.2 Å². The van der Waals surface area contributed by atoms with Gasteiger partial charge in [-0.2, -0.15) is 0 Å². The zero-order valence-electron chi connectivity index (χ0n) is 10.9. The Morgan fingerprint density at radius 3 is 2.79 bits per heavy atom. The Morgan fingerprint density at radius 1 is 1.42 bits per heavy atom. The fourth-order valence-corrected chi connectivity index (χ4v) is 2.00. The van der Waals surface area contributed by atoms with Gasteiger partial charge in [-0.05, 0) is 26.1 Å². The first-order valence-corrected chi connectivity index (χ1v) is 7.36. The molecule has 0 saturated carbocycles. The minimum atomic E-state index is -3.55. The van der Waals surface area contributed by atoms with Crippen molar-refractivity contribution in [2.45, 2.75) is 25.0 Å². The van der Waals surface area contributed by atoms with Gasteiger partial charge in [-0.25, -0.2) is 13.1 Å². The van der Waals surface area contributed by atoms with E-state index in [4.69, 9.17) is 9.15 Å². The number of rotatable bonds is 8. The number of hydrogen-bond acceptors (Lipinski definition) is 6. The van der Waals surface area contributed by atoms with E-state index < -0.39 is 10.0 Å². The summed E-state index contributed by atoms with van der Waals surface area (Å²) in [5.41, 5.74) is 0. The van der Waals surface area contributed by atoms with Gasteiger partial charge in [0.15, 0.2) is 0 Å². The van der Waals surface area contributed by atoms with Crippen molar-refractivity contribution in [3.63, 3.8) is 0 Å². The zero-order chi connectivity index (χ0) is 14.3. The summed E-state index contributed by atoms with van der Waals surface area (Å²) in [5, 5.41) is 2.84. The van der Waals surface area contributed by atoms with E-state index in [1.807, 2.05) is 0 Å². The first-order chi connectivity index (χ1) is 8.99. The Labute approximate surface area is 112 Å². The number of carbonyl (C=O) groups is 1. The summed E-state index contributed by atoms with van der Waals surface area (Å²) in [4.78, 5) is 11.1. The maximum atomic E-state index is 11.4. The van der Waals surface area contributed by atoms with Crippen LogP contribution in [0.5, 0.6) is 0 Å². The number of nitrogens with one attached hydrogen (secondary N) is 2. The van der Waals surface area contributed by atoms with Crippen LogP contribution in [0.1, 0.15) is 19.1 Å². The van der Waals surface area contributed by atoms with Gasteiger partial charge < -0.3 is 14.5 Å². The summed E-state index contributed by atoms with van der Waals surface area (Å²) < 4.78 is 34.9. The van der Waals surface area contributed by atoms with E-state index >= 15 is 0 Å². The van der Waals surface area contributed by atoms with Gasteiger partial charge in [0.1, 0.15) is 5.76 Å². The van der Waals surface area contributed by atoms with E-state index in [0.717, 1.165) is 0 Å². The van der Waals surface area contributed by atoms with Gasteiger partial charge in [-0.3, -0.25) is 4.79 Å². The standard InChI is InChI=1S/C11H18N2O5S/c1-3-17-10(14)6-7-13-8-9-4-5-11(18-9)19(15,16)12-2/h4-5,12-13H,3,6-8H2,1-2H3. The number of carbonyl (C=O) groups excluding carboxylic acids is 1. The van der Waals surface area contributed by atoms with Crippen LogP contribution in [0.15, 0.2) is 21.6 Å². The second kappa shape index (κ2) is 7.27. The number of esters is 1. The lowest BCUT2D eigenvalue weighted by atomic mass is 10.4. The molecule has 0 aliphatic rings. The Hall–Kier alpha value is -1.38. The molecule has 2 N–H and O–H groups in total. The van der Waals surface area contributed by atoms with E-state index in [-0.39, 0.29) is 17.5 Å². The summed E-state index contributed by atoms with van der Waals surface area (Å²) in [6, 6.07) is 2.95. The highest BCUT2D eigenvalue weighted by atomic mass is 32.2. The summed E-state index contributed by atoms with van der Waals surface area (Å²) in [5.74, 6) is 0.213. The maximum Gasteiger partial charge on any atom is 0.307 e. The predicted octanol–water partition coefficient (Wildman–Crippen LogP) is 0.231. The Kier molecular flexibility index (Phi) is 6.00. The van der Waals surface area contributed by atoms with Crippen molar-refractivity contribution >= 4 is 16.0 Å². The molecule has 0 saturated heterocycles. The summed E-state index contributed by atoms with van der Waals surface area (Å²) in [7, 11) is -2.23. The quantitative estimate of drug-likeness (QED) is 0.525. The zero-order valence-corrected chi connectivity index (χ0v) is 11.7. The van der Waals surface area contributed by atoms with Gasteiger partial charge in [0.2, 0.25) is 5.09 Å². The van der Waals surface area contributed by atoms with Crippen molar-refractivity contribution in [1.82, 2.24) is 10.0 Å².